The van der Waals surface area contributed by atoms with E-state index < -0.39 is 23.8 Å². The molecule has 2 fully saturated rings. The predicted molar refractivity (Wildman–Crippen MR) is 124 cm³/mol. The number of imidazole rings is 1. The number of anilines is 1. The first-order chi connectivity index (χ1) is 16.4. The number of benzene rings is 1. The highest BCUT2D eigenvalue weighted by Crippen LogP contribution is 2.32. The molecule has 178 valence electrons. The van der Waals surface area contributed by atoms with Gasteiger partial charge in [-0.2, -0.15) is 4.98 Å². The molecule has 2 saturated heterocycles. The summed E-state index contributed by atoms with van der Waals surface area (Å²) in [6.07, 6.45) is 0.966. The fourth-order valence-electron chi connectivity index (χ4n) is 5.02. The van der Waals surface area contributed by atoms with Crippen LogP contribution in [0.15, 0.2) is 39.9 Å². The molecule has 2 aliphatic heterocycles. The van der Waals surface area contributed by atoms with Crippen LogP contribution in [0.4, 0.5) is 5.95 Å². The standard InChI is InChI=1S/C23H26N6O5/c1-26-20-19(21(32)29(23(26)33)12-17(30)14-6-4-3-5-7-14)28(13-18(31)34-2)22(25-20)27-9-8-15-10-24-11-16(15)27/h3-7,15-16,24H,8-13H2,1-2H3. The van der Waals surface area contributed by atoms with Gasteiger partial charge in [0.1, 0.15) is 6.54 Å². The Morgan fingerprint density at radius 3 is 2.62 bits per heavy atom. The van der Waals surface area contributed by atoms with Crippen molar-refractivity contribution < 1.29 is 14.3 Å². The number of ketones is 1. The lowest BCUT2D eigenvalue weighted by Gasteiger charge is -2.25. The highest BCUT2D eigenvalue weighted by atomic mass is 16.5. The topological polar surface area (TPSA) is 120 Å². The first-order valence-electron chi connectivity index (χ1n) is 11.2. The lowest BCUT2D eigenvalue weighted by atomic mass is 10.1. The summed E-state index contributed by atoms with van der Waals surface area (Å²) < 4.78 is 8.55. The van der Waals surface area contributed by atoms with E-state index in [9.17, 15) is 19.2 Å². The van der Waals surface area contributed by atoms with Crippen LogP contribution in [0.2, 0.25) is 0 Å². The Balaban J connectivity index is 1.67. The molecule has 3 aromatic rings. The van der Waals surface area contributed by atoms with Crippen molar-refractivity contribution in [3.05, 3.63) is 56.7 Å². The number of hydrogen-bond acceptors (Lipinski definition) is 8. The molecular formula is C23H26N6O5. The van der Waals surface area contributed by atoms with Gasteiger partial charge in [-0.15, -0.1) is 0 Å². The van der Waals surface area contributed by atoms with Crippen LogP contribution in [-0.2, 0) is 29.7 Å². The Kier molecular flexibility index (Phi) is 5.56. The number of hydrogen-bond donors (Lipinski definition) is 1. The normalized spacial score (nSPS) is 19.5. The van der Waals surface area contributed by atoms with E-state index in [1.54, 1.807) is 30.3 Å². The zero-order valence-electron chi connectivity index (χ0n) is 19.1. The Morgan fingerprint density at radius 2 is 1.88 bits per heavy atom. The molecule has 1 N–H and O–H groups in total. The van der Waals surface area contributed by atoms with Crippen LogP contribution in [0.5, 0.6) is 0 Å². The zero-order chi connectivity index (χ0) is 24.0. The molecule has 2 aromatic heterocycles. The molecule has 2 aliphatic rings. The number of nitrogens with one attached hydrogen (secondary N) is 1. The van der Waals surface area contributed by atoms with Crippen molar-refractivity contribution in [3.63, 3.8) is 0 Å². The van der Waals surface area contributed by atoms with Gasteiger partial charge in [0, 0.05) is 38.3 Å². The summed E-state index contributed by atoms with van der Waals surface area (Å²) >= 11 is 0. The number of ether oxygens (including phenoxy) is 1. The molecule has 2 atom stereocenters. The number of rotatable bonds is 6. The van der Waals surface area contributed by atoms with Gasteiger partial charge in [-0.25, -0.2) is 4.79 Å². The van der Waals surface area contributed by atoms with Gasteiger partial charge in [0.15, 0.2) is 16.9 Å². The molecule has 11 heteroatoms. The molecule has 2 unspecified atom stereocenters. The molecule has 0 bridgehead atoms. The van der Waals surface area contributed by atoms with Crippen molar-refractivity contribution in [2.45, 2.75) is 25.6 Å². The highest BCUT2D eigenvalue weighted by molar-refractivity contribution is 5.96. The highest BCUT2D eigenvalue weighted by Gasteiger charge is 2.40. The summed E-state index contributed by atoms with van der Waals surface area (Å²) in [4.78, 5) is 58.5. The van der Waals surface area contributed by atoms with Crippen molar-refractivity contribution in [1.82, 2.24) is 24.0 Å². The van der Waals surface area contributed by atoms with E-state index >= 15 is 0 Å². The average molecular weight is 466 g/mol. The van der Waals surface area contributed by atoms with E-state index in [-0.39, 0.29) is 29.5 Å². The van der Waals surface area contributed by atoms with Gasteiger partial charge in [-0.3, -0.25) is 28.1 Å². The number of aromatic nitrogens is 4. The van der Waals surface area contributed by atoms with Crippen molar-refractivity contribution in [3.8, 4) is 0 Å². The number of methoxy groups -OCH3 is 1. The number of Topliss-reactive ketones (excluding diaryl/α,β-unsaturated/α-hetero) is 1. The first kappa shape index (κ1) is 22.1. The minimum absolute atomic E-state index is 0.0952. The smallest absolute Gasteiger partial charge is 0.332 e. The van der Waals surface area contributed by atoms with Crippen LogP contribution >= 0.6 is 0 Å². The second-order valence-corrected chi connectivity index (χ2v) is 8.74. The predicted octanol–water partition coefficient (Wildman–Crippen LogP) is -0.249. The Labute approximate surface area is 194 Å². The lowest BCUT2D eigenvalue weighted by molar-refractivity contribution is -0.141. The molecule has 1 aromatic carbocycles. The maximum atomic E-state index is 13.6. The monoisotopic (exact) mass is 466 g/mol. The van der Waals surface area contributed by atoms with E-state index in [2.05, 4.69) is 15.2 Å². The van der Waals surface area contributed by atoms with E-state index in [1.165, 1.54) is 23.3 Å². The van der Waals surface area contributed by atoms with E-state index in [1.807, 2.05) is 0 Å². The van der Waals surface area contributed by atoms with Crippen LogP contribution < -0.4 is 21.5 Å². The Morgan fingerprint density at radius 1 is 1.12 bits per heavy atom. The van der Waals surface area contributed by atoms with Gasteiger partial charge < -0.3 is 15.0 Å². The Hall–Kier alpha value is -3.73. The molecular weight excluding hydrogens is 440 g/mol. The fourth-order valence-corrected chi connectivity index (χ4v) is 5.02. The van der Waals surface area contributed by atoms with Gasteiger partial charge in [0.05, 0.1) is 13.7 Å². The van der Waals surface area contributed by atoms with E-state index in [4.69, 9.17) is 4.74 Å². The van der Waals surface area contributed by atoms with Crippen LogP contribution in [0.3, 0.4) is 0 Å². The number of fused-ring (bicyclic) bond motifs is 2. The summed E-state index contributed by atoms with van der Waals surface area (Å²) in [5.41, 5.74) is -0.634. The molecule has 11 nitrogen and oxygen atoms in total. The fraction of sp³-hybridized carbons (Fsp3) is 0.435. The zero-order valence-corrected chi connectivity index (χ0v) is 19.1. The third kappa shape index (κ3) is 3.52. The summed E-state index contributed by atoms with van der Waals surface area (Å²) in [6, 6.07) is 8.67. The average Bonchev–Trinajstić information content (AvgIpc) is 3.56. The number of esters is 1. The molecule has 5 rings (SSSR count). The van der Waals surface area contributed by atoms with Gasteiger partial charge in [-0.1, -0.05) is 30.3 Å². The van der Waals surface area contributed by atoms with Crippen LogP contribution in [0.1, 0.15) is 16.8 Å². The van der Waals surface area contributed by atoms with Gasteiger partial charge in [0.25, 0.3) is 5.56 Å². The van der Waals surface area contributed by atoms with Crippen molar-refractivity contribution in [2.24, 2.45) is 13.0 Å². The quantitative estimate of drug-likeness (QED) is 0.390. The summed E-state index contributed by atoms with van der Waals surface area (Å²) in [6.45, 7) is 1.77. The molecule has 0 aliphatic carbocycles. The molecule has 0 spiro atoms. The van der Waals surface area contributed by atoms with E-state index in [0.29, 0.717) is 17.4 Å². The summed E-state index contributed by atoms with van der Waals surface area (Å²) in [5.74, 6) is 0.00465. The third-order valence-electron chi connectivity index (χ3n) is 6.83. The van der Waals surface area contributed by atoms with Gasteiger partial charge >= 0.3 is 11.7 Å². The first-order valence-corrected chi connectivity index (χ1v) is 11.2. The molecule has 0 amide bonds. The maximum absolute atomic E-state index is 13.6. The summed E-state index contributed by atoms with van der Waals surface area (Å²) in [7, 11) is 2.79. The van der Waals surface area contributed by atoms with Gasteiger partial charge in [0.2, 0.25) is 5.95 Å². The Bertz CT molecular complexity index is 1390. The lowest BCUT2D eigenvalue weighted by Crippen LogP contribution is -2.41. The second kappa shape index (κ2) is 8.56. The molecule has 0 saturated carbocycles. The number of carbonyl (C=O) groups excluding carboxylic acids is 2. The molecule has 4 heterocycles. The number of carbonyl (C=O) groups is 2. The van der Waals surface area contributed by atoms with Crippen LogP contribution in [0.25, 0.3) is 11.2 Å². The van der Waals surface area contributed by atoms with Crippen molar-refractivity contribution in [1.29, 1.82) is 0 Å². The SMILES string of the molecule is COC(=O)Cn1c(N2CCC3CNCC32)nc2c1c(=O)n(CC(=O)c1ccccc1)c(=O)n2C. The summed E-state index contributed by atoms with van der Waals surface area (Å²) in [5, 5.41) is 3.38. The molecule has 0 radical (unpaired) electrons. The van der Waals surface area contributed by atoms with E-state index in [0.717, 1.165) is 30.6 Å². The van der Waals surface area contributed by atoms with Crippen molar-refractivity contribution in [2.75, 3.05) is 31.6 Å². The number of nitrogens with zero attached hydrogens (tertiary/aromatic N) is 5. The van der Waals surface area contributed by atoms with Crippen molar-refractivity contribution >= 4 is 28.9 Å². The second-order valence-electron chi connectivity index (χ2n) is 8.74. The van der Waals surface area contributed by atoms with Crippen LogP contribution in [0, 0.1) is 5.92 Å². The maximum Gasteiger partial charge on any atom is 0.332 e. The largest absolute Gasteiger partial charge is 0.468 e. The number of aryl methyl sites for hydroxylation is 1. The van der Waals surface area contributed by atoms with Gasteiger partial charge in [-0.05, 0) is 12.3 Å². The third-order valence-corrected chi connectivity index (χ3v) is 6.83. The molecule has 34 heavy (non-hydrogen) atoms. The van der Waals surface area contributed by atoms with Crippen LogP contribution in [-0.4, -0.2) is 63.2 Å². The minimum atomic E-state index is -0.662. The minimum Gasteiger partial charge on any atom is -0.468 e.